The number of halogens is 2. The van der Waals surface area contributed by atoms with Crippen LogP contribution in [-0.4, -0.2) is 24.3 Å². The zero-order valence-electron chi connectivity index (χ0n) is 10.8. The van der Waals surface area contributed by atoms with Gasteiger partial charge in [-0.15, -0.1) is 10.2 Å². The monoisotopic (exact) mass is 355 g/mol. The van der Waals surface area contributed by atoms with Crippen LogP contribution in [0, 0.1) is 10.6 Å². The van der Waals surface area contributed by atoms with Gasteiger partial charge >= 0.3 is 0 Å². The number of nitrogens with one attached hydrogen (secondary N) is 1. The fraction of sp³-hybridized carbons (Fsp3) is 0.250. The van der Waals surface area contributed by atoms with E-state index >= 15 is 0 Å². The average molecular weight is 356 g/mol. The molecule has 3 rings (SSSR count). The lowest BCUT2D eigenvalue weighted by Gasteiger charge is -2.13. The number of fused-ring (bicyclic) bond motifs is 1. The van der Waals surface area contributed by atoms with Crippen molar-refractivity contribution < 1.29 is 4.39 Å². The van der Waals surface area contributed by atoms with Crippen molar-refractivity contribution >= 4 is 39.2 Å². The summed E-state index contributed by atoms with van der Waals surface area (Å²) in [6.07, 6.45) is 1.63. The summed E-state index contributed by atoms with van der Waals surface area (Å²) in [5.74, 6) is 0.427. The lowest BCUT2D eigenvalue weighted by Crippen LogP contribution is -2.12. The summed E-state index contributed by atoms with van der Waals surface area (Å²) >= 11 is 8.52. The molecule has 1 N–H and O–H groups in total. The Balaban J connectivity index is 2.26. The number of aryl methyl sites for hydroxylation is 1. The second-order valence-corrected chi connectivity index (χ2v) is 5.80. The molecule has 20 heavy (non-hydrogen) atoms. The molecule has 1 unspecified atom stereocenters. The molecular formula is C12H11BrFN5S. The predicted octanol–water partition coefficient (Wildman–Crippen LogP) is 3.34. The van der Waals surface area contributed by atoms with Gasteiger partial charge in [-0.25, -0.2) is 4.39 Å². The maximum Gasteiger partial charge on any atom is 0.178 e. The minimum Gasteiger partial charge on any atom is -0.331 e. The Bertz CT molecular complexity index is 849. The van der Waals surface area contributed by atoms with Gasteiger partial charge in [0.15, 0.2) is 10.6 Å². The van der Waals surface area contributed by atoms with E-state index in [1.54, 1.807) is 12.4 Å². The third kappa shape index (κ3) is 1.99. The first kappa shape index (κ1) is 13.4. The summed E-state index contributed by atoms with van der Waals surface area (Å²) in [6, 6.07) is 2.99. The quantitative estimate of drug-likeness (QED) is 0.717. The summed E-state index contributed by atoms with van der Waals surface area (Å²) in [4.78, 5) is 3.08. The molecule has 5 nitrogen and oxygen atoms in total. The normalized spacial score (nSPS) is 13.0. The van der Waals surface area contributed by atoms with Crippen molar-refractivity contribution in [3.63, 3.8) is 0 Å². The molecule has 1 atom stereocenters. The molecule has 0 aliphatic rings. The maximum absolute atomic E-state index is 13.8. The van der Waals surface area contributed by atoms with Crippen molar-refractivity contribution in [1.82, 2.24) is 24.3 Å². The van der Waals surface area contributed by atoms with Crippen LogP contribution in [0.4, 0.5) is 4.39 Å². The van der Waals surface area contributed by atoms with E-state index in [1.165, 1.54) is 6.07 Å². The van der Waals surface area contributed by atoms with Crippen LogP contribution in [0.2, 0.25) is 0 Å². The van der Waals surface area contributed by atoms with Gasteiger partial charge in [0.05, 0.1) is 21.5 Å². The summed E-state index contributed by atoms with van der Waals surface area (Å²) in [7, 11) is 1.86. The van der Waals surface area contributed by atoms with Crippen molar-refractivity contribution in [2.75, 3.05) is 0 Å². The number of benzene rings is 1. The van der Waals surface area contributed by atoms with E-state index in [0.717, 1.165) is 11.3 Å². The third-order valence-electron chi connectivity index (χ3n) is 3.27. The van der Waals surface area contributed by atoms with E-state index in [2.05, 4.69) is 31.1 Å². The molecule has 1 aromatic carbocycles. The molecular weight excluding hydrogens is 345 g/mol. The number of nitrogens with zero attached hydrogens (tertiary/aromatic N) is 4. The lowest BCUT2D eigenvalue weighted by molar-refractivity contribution is 0.578. The molecule has 0 spiro atoms. The van der Waals surface area contributed by atoms with Crippen LogP contribution < -0.4 is 0 Å². The topological polar surface area (TPSA) is 51.4 Å². The van der Waals surface area contributed by atoms with Crippen molar-refractivity contribution in [3.05, 3.63) is 39.3 Å². The van der Waals surface area contributed by atoms with Gasteiger partial charge in [0.1, 0.15) is 12.1 Å². The fourth-order valence-corrected chi connectivity index (χ4v) is 3.00. The number of imidazole rings is 1. The van der Waals surface area contributed by atoms with E-state index in [4.69, 9.17) is 12.2 Å². The van der Waals surface area contributed by atoms with Crippen LogP contribution in [-0.2, 0) is 7.05 Å². The molecule has 8 heteroatoms. The summed E-state index contributed by atoms with van der Waals surface area (Å²) < 4.78 is 18.4. The SMILES string of the molecule is CC(c1nncn1C)n1c(=S)[nH]c2cc(Br)c(F)cc21. The van der Waals surface area contributed by atoms with Crippen LogP contribution in [0.3, 0.4) is 0 Å². The number of aromatic nitrogens is 5. The van der Waals surface area contributed by atoms with E-state index in [9.17, 15) is 4.39 Å². The lowest BCUT2D eigenvalue weighted by atomic mass is 10.2. The highest BCUT2D eigenvalue weighted by Gasteiger charge is 2.18. The number of rotatable bonds is 2. The Kier molecular flexibility index (Phi) is 3.21. The first-order chi connectivity index (χ1) is 9.49. The highest BCUT2D eigenvalue weighted by Crippen LogP contribution is 2.27. The first-order valence-corrected chi connectivity index (χ1v) is 7.12. The first-order valence-electron chi connectivity index (χ1n) is 5.92. The number of H-pyrrole nitrogens is 1. The molecule has 0 aliphatic carbocycles. The molecule has 0 saturated carbocycles. The smallest absolute Gasteiger partial charge is 0.178 e. The van der Waals surface area contributed by atoms with Gasteiger partial charge in [-0.1, -0.05) is 0 Å². The van der Waals surface area contributed by atoms with E-state index in [-0.39, 0.29) is 11.9 Å². The Morgan fingerprint density at radius 3 is 2.85 bits per heavy atom. The van der Waals surface area contributed by atoms with Gasteiger partial charge in [0, 0.05) is 13.1 Å². The standard InChI is InChI=1S/C12H11BrFN5S/c1-6(11-17-15-5-18(11)2)19-10-4-8(14)7(13)3-9(10)16-12(19)20/h3-6H,1-2H3,(H,16,20). The summed E-state index contributed by atoms with van der Waals surface area (Å²) in [6.45, 7) is 1.95. The van der Waals surface area contributed by atoms with Crippen LogP contribution >= 0.6 is 28.1 Å². The maximum atomic E-state index is 13.8. The fourth-order valence-electron chi connectivity index (χ4n) is 2.29. The van der Waals surface area contributed by atoms with Crippen LogP contribution in [0.15, 0.2) is 22.9 Å². The van der Waals surface area contributed by atoms with Crippen molar-refractivity contribution in [2.24, 2.45) is 7.05 Å². The van der Waals surface area contributed by atoms with Crippen LogP contribution in [0.1, 0.15) is 18.8 Å². The highest BCUT2D eigenvalue weighted by atomic mass is 79.9. The minimum absolute atomic E-state index is 0.149. The number of hydrogen-bond acceptors (Lipinski definition) is 3. The predicted molar refractivity (Wildman–Crippen MR) is 79.6 cm³/mol. The van der Waals surface area contributed by atoms with Gasteiger partial charge in [-0.3, -0.25) is 0 Å². The van der Waals surface area contributed by atoms with Crippen molar-refractivity contribution in [1.29, 1.82) is 0 Å². The molecule has 104 valence electrons. The van der Waals surface area contributed by atoms with Gasteiger partial charge in [0.25, 0.3) is 0 Å². The summed E-state index contributed by atoms with van der Waals surface area (Å²) in [5, 5.41) is 7.96. The number of hydrogen-bond donors (Lipinski definition) is 1. The van der Waals surface area contributed by atoms with Crippen molar-refractivity contribution in [2.45, 2.75) is 13.0 Å². The molecule has 0 amide bonds. The Morgan fingerprint density at radius 1 is 1.45 bits per heavy atom. The Labute approximate surface area is 127 Å². The van der Waals surface area contributed by atoms with Gasteiger partial charge in [0.2, 0.25) is 0 Å². The Morgan fingerprint density at radius 2 is 2.20 bits per heavy atom. The second kappa shape index (κ2) is 4.78. The molecule has 0 radical (unpaired) electrons. The molecule has 0 bridgehead atoms. The Hall–Kier alpha value is -1.54. The molecule has 2 heterocycles. The highest BCUT2D eigenvalue weighted by molar-refractivity contribution is 9.10. The van der Waals surface area contributed by atoms with Crippen LogP contribution in [0.25, 0.3) is 11.0 Å². The zero-order chi connectivity index (χ0) is 14.4. The average Bonchev–Trinajstić information content (AvgIpc) is 2.93. The van der Waals surface area contributed by atoms with E-state index < -0.39 is 0 Å². The zero-order valence-corrected chi connectivity index (χ0v) is 13.2. The molecule has 0 aliphatic heterocycles. The molecule has 0 fully saturated rings. The van der Waals surface area contributed by atoms with Gasteiger partial charge in [-0.2, -0.15) is 0 Å². The van der Waals surface area contributed by atoms with E-state index in [0.29, 0.717) is 14.8 Å². The van der Waals surface area contributed by atoms with Crippen LogP contribution in [0.5, 0.6) is 0 Å². The third-order valence-corrected chi connectivity index (χ3v) is 4.17. The van der Waals surface area contributed by atoms with Gasteiger partial charge in [-0.05, 0) is 41.1 Å². The van der Waals surface area contributed by atoms with E-state index in [1.807, 2.05) is 23.1 Å². The van der Waals surface area contributed by atoms with Gasteiger partial charge < -0.3 is 14.1 Å². The largest absolute Gasteiger partial charge is 0.331 e. The second-order valence-electron chi connectivity index (χ2n) is 4.56. The summed E-state index contributed by atoms with van der Waals surface area (Å²) in [5.41, 5.74) is 1.48. The number of aromatic amines is 1. The van der Waals surface area contributed by atoms with Crippen molar-refractivity contribution in [3.8, 4) is 0 Å². The minimum atomic E-state index is -0.328. The molecule has 2 aromatic heterocycles. The molecule has 3 aromatic rings. The molecule has 0 saturated heterocycles.